The first-order chi connectivity index (χ1) is 8.18. The molecular weight excluding hydrogens is 223 g/mol. The lowest BCUT2D eigenvalue weighted by Gasteiger charge is -1.97. The molecule has 17 heavy (non-hydrogen) atoms. The fraction of sp³-hybridized carbons (Fsp3) is 0. The van der Waals surface area contributed by atoms with Crippen LogP contribution in [0, 0.1) is 5.82 Å². The molecule has 0 aliphatic rings. The Balaban J connectivity index is 2.36. The average molecular weight is 232 g/mol. The number of hydrogen-bond donors (Lipinski definition) is 1. The fourth-order valence-corrected chi connectivity index (χ4v) is 1.32. The Bertz CT molecular complexity index is 614. The molecule has 2 rings (SSSR count). The second-order valence-corrected chi connectivity index (χ2v) is 3.35. The molecule has 86 valence electrons. The summed E-state index contributed by atoms with van der Waals surface area (Å²) in [7, 11) is 0. The van der Waals surface area contributed by atoms with E-state index >= 15 is 0 Å². The molecule has 4 heteroatoms. The Labute approximate surface area is 96.5 Å². The molecule has 0 atom stereocenters. The van der Waals surface area contributed by atoms with Gasteiger partial charge in [-0.15, -0.1) is 0 Å². The van der Waals surface area contributed by atoms with Crippen LogP contribution in [-0.2, 0) is 0 Å². The van der Waals surface area contributed by atoms with Crippen molar-refractivity contribution in [3.05, 3.63) is 64.0 Å². The van der Waals surface area contributed by atoms with Crippen molar-refractivity contribution in [1.82, 2.24) is 0 Å². The predicted molar refractivity (Wildman–Crippen MR) is 62.0 cm³/mol. The van der Waals surface area contributed by atoms with Crippen LogP contribution in [0.4, 0.5) is 4.39 Å². The quantitative estimate of drug-likeness (QED) is 0.865. The van der Waals surface area contributed by atoms with Gasteiger partial charge in [0.15, 0.2) is 5.76 Å². The molecule has 0 aliphatic carbocycles. The van der Waals surface area contributed by atoms with Gasteiger partial charge in [0, 0.05) is 11.6 Å². The minimum atomic E-state index is -0.538. The van der Waals surface area contributed by atoms with E-state index in [0.717, 1.165) is 6.07 Å². The molecule has 0 saturated heterocycles. The standard InChI is InChI=1S/C13H9FO3/c14-10-4-2-1-3-9(10)5-6-12-13(16)11(15)7-8-17-12/h1-8,16H. The third-order valence-electron chi connectivity index (χ3n) is 2.20. The van der Waals surface area contributed by atoms with Crippen LogP contribution in [0.3, 0.4) is 0 Å². The van der Waals surface area contributed by atoms with Gasteiger partial charge in [-0.05, 0) is 18.2 Å². The number of aromatic hydroxyl groups is 1. The highest BCUT2D eigenvalue weighted by molar-refractivity contribution is 5.69. The van der Waals surface area contributed by atoms with E-state index in [1.165, 1.54) is 24.5 Å². The van der Waals surface area contributed by atoms with Crippen LogP contribution in [0.1, 0.15) is 11.3 Å². The molecule has 0 saturated carbocycles. The van der Waals surface area contributed by atoms with Crippen molar-refractivity contribution in [1.29, 1.82) is 0 Å². The van der Waals surface area contributed by atoms with Gasteiger partial charge in [0.25, 0.3) is 0 Å². The highest BCUT2D eigenvalue weighted by Crippen LogP contribution is 2.16. The lowest BCUT2D eigenvalue weighted by atomic mass is 10.2. The second-order valence-electron chi connectivity index (χ2n) is 3.35. The van der Waals surface area contributed by atoms with Crippen LogP contribution < -0.4 is 5.43 Å². The molecule has 2 aromatic rings. The van der Waals surface area contributed by atoms with E-state index in [1.54, 1.807) is 18.2 Å². The lowest BCUT2D eigenvalue weighted by Crippen LogP contribution is -1.97. The van der Waals surface area contributed by atoms with Crippen LogP contribution >= 0.6 is 0 Å². The topological polar surface area (TPSA) is 50.4 Å². The molecule has 0 bridgehead atoms. The molecule has 0 unspecified atom stereocenters. The molecular formula is C13H9FO3. The summed E-state index contributed by atoms with van der Waals surface area (Å²) < 4.78 is 18.2. The van der Waals surface area contributed by atoms with Gasteiger partial charge in [0.1, 0.15) is 5.82 Å². The van der Waals surface area contributed by atoms with Crippen molar-refractivity contribution in [3.63, 3.8) is 0 Å². The summed E-state index contributed by atoms with van der Waals surface area (Å²) in [5, 5.41) is 9.39. The third-order valence-corrected chi connectivity index (χ3v) is 2.20. The zero-order chi connectivity index (χ0) is 12.3. The Hall–Kier alpha value is -2.36. The van der Waals surface area contributed by atoms with E-state index < -0.39 is 11.2 Å². The molecule has 1 aromatic heterocycles. The number of halogens is 1. The third kappa shape index (κ3) is 2.42. The smallest absolute Gasteiger partial charge is 0.227 e. The minimum absolute atomic E-state index is 0.000697. The van der Waals surface area contributed by atoms with Gasteiger partial charge >= 0.3 is 0 Å². The van der Waals surface area contributed by atoms with Crippen LogP contribution in [0.5, 0.6) is 5.75 Å². The van der Waals surface area contributed by atoms with E-state index in [9.17, 15) is 14.3 Å². The SMILES string of the molecule is O=c1ccoc(C=Cc2ccccc2F)c1O. The lowest BCUT2D eigenvalue weighted by molar-refractivity contribution is 0.424. The number of hydrogen-bond acceptors (Lipinski definition) is 3. The zero-order valence-electron chi connectivity index (χ0n) is 8.76. The Morgan fingerprint density at radius 1 is 1.18 bits per heavy atom. The highest BCUT2D eigenvalue weighted by Gasteiger charge is 2.03. The van der Waals surface area contributed by atoms with Gasteiger partial charge in [-0.25, -0.2) is 4.39 Å². The summed E-state index contributed by atoms with van der Waals surface area (Å²) in [5.74, 6) is -0.873. The summed E-state index contributed by atoms with van der Waals surface area (Å²) >= 11 is 0. The molecule has 1 heterocycles. The van der Waals surface area contributed by atoms with Gasteiger partial charge in [0.05, 0.1) is 6.26 Å². The van der Waals surface area contributed by atoms with E-state index in [1.807, 2.05) is 0 Å². The van der Waals surface area contributed by atoms with Gasteiger partial charge in [0.2, 0.25) is 11.2 Å². The fourth-order valence-electron chi connectivity index (χ4n) is 1.32. The van der Waals surface area contributed by atoms with Crippen LogP contribution in [0.2, 0.25) is 0 Å². The van der Waals surface area contributed by atoms with Crippen molar-refractivity contribution in [2.45, 2.75) is 0 Å². The van der Waals surface area contributed by atoms with Crippen LogP contribution in [0.15, 0.2) is 45.8 Å². The zero-order valence-corrected chi connectivity index (χ0v) is 8.76. The maximum atomic E-state index is 13.3. The van der Waals surface area contributed by atoms with Gasteiger partial charge in [-0.2, -0.15) is 0 Å². The summed E-state index contributed by atoms with van der Waals surface area (Å²) in [5.41, 5.74) is -0.192. The average Bonchev–Trinajstić information content (AvgIpc) is 2.33. The van der Waals surface area contributed by atoms with Gasteiger partial charge in [-0.1, -0.05) is 18.2 Å². The summed E-state index contributed by atoms with van der Waals surface area (Å²) in [6, 6.07) is 7.26. The molecule has 0 amide bonds. The molecule has 0 fully saturated rings. The molecule has 0 aliphatic heterocycles. The molecule has 1 N–H and O–H groups in total. The van der Waals surface area contributed by atoms with Crippen molar-refractivity contribution >= 4 is 12.2 Å². The minimum Gasteiger partial charge on any atom is -0.502 e. The molecule has 1 aromatic carbocycles. The van der Waals surface area contributed by atoms with E-state index in [2.05, 4.69) is 0 Å². The van der Waals surface area contributed by atoms with Gasteiger partial charge < -0.3 is 9.52 Å². The Morgan fingerprint density at radius 2 is 1.94 bits per heavy atom. The van der Waals surface area contributed by atoms with Crippen LogP contribution in [0.25, 0.3) is 12.2 Å². The van der Waals surface area contributed by atoms with E-state index in [4.69, 9.17) is 4.42 Å². The van der Waals surface area contributed by atoms with Crippen molar-refractivity contribution in [3.8, 4) is 5.75 Å². The first-order valence-corrected chi connectivity index (χ1v) is 4.92. The maximum absolute atomic E-state index is 13.3. The molecule has 3 nitrogen and oxygen atoms in total. The molecule has 0 radical (unpaired) electrons. The summed E-state index contributed by atoms with van der Waals surface area (Å²) in [4.78, 5) is 11.1. The van der Waals surface area contributed by atoms with Crippen LogP contribution in [-0.4, -0.2) is 5.11 Å². The van der Waals surface area contributed by atoms with Crippen molar-refractivity contribution < 1.29 is 13.9 Å². The largest absolute Gasteiger partial charge is 0.502 e. The first kappa shape index (κ1) is 11.1. The predicted octanol–water partition coefficient (Wildman–Crippen LogP) is 2.65. The normalized spacial score (nSPS) is 10.9. The van der Waals surface area contributed by atoms with Crippen molar-refractivity contribution in [2.75, 3.05) is 0 Å². The number of benzene rings is 1. The number of rotatable bonds is 2. The monoisotopic (exact) mass is 232 g/mol. The molecule has 0 spiro atoms. The second kappa shape index (κ2) is 4.65. The summed E-state index contributed by atoms with van der Waals surface area (Å²) in [6.45, 7) is 0. The van der Waals surface area contributed by atoms with E-state index in [-0.39, 0.29) is 11.6 Å². The first-order valence-electron chi connectivity index (χ1n) is 4.92. The maximum Gasteiger partial charge on any atom is 0.227 e. The van der Waals surface area contributed by atoms with Gasteiger partial charge in [-0.3, -0.25) is 4.79 Å². The van der Waals surface area contributed by atoms with Crippen molar-refractivity contribution in [2.24, 2.45) is 0 Å². The van der Waals surface area contributed by atoms with E-state index in [0.29, 0.717) is 5.56 Å². The Morgan fingerprint density at radius 3 is 2.71 bits per heavy atom. The highest BCUT2D eigenvalue weighted by atomic mass is 19.1. The Kier molecular flexibility index (Phi) is 3.05. The summed E-state index contributed by atoms with van der Waals surface area (Å²) in [6.07, 6.45) is 3.94.